The fraction of sp³-hybridized carbons (Fsp3) is 0.429. The molecule has 0 fully saturated rings. The third-order valence-corrected chi connectivity index (χ3v) is 2.64. The number of ether oxygens (including phenoxy) is 2. The van der Waals surface area contributed by atoms with Crippen LogP contribution in [0.15, 0.2) is 12.1 Å². The summed E-state index contributed by atoms with van der Waals surface area (Å²) < 4.78 is 10.2. The summed E-state index contributed by atoms with van der Waals surface area (Å²) in [4.78, 5) is 22.1. The predicted molar refractivity (Wildman–Crippen MR) is 72.8 cm³/mol. The molecule has 0 saturated carbocycles. The summed E-state index contributed by atoms with van der Waals surface area (Å²) in [5.41, 5.74) is 0.452. The Hall–Kier alpha value is -1.55. The molecule has 0 unspecified atom stereocenters. The molecule has 1 rings (SSSR count). The molecule has 0 N–H and O–H groups in total. The molecular weight excluding hydrogens is 268 g/mol. The maximum atomic E-state index is 11.1. The highest BCUT2D eigenvalue weighted by Crippen LogP contribution is 2.39. The molecular formula is C14H17ClO4. The molecule has 0 aliphatic heterocycles. The fourth-order valence-electron chi connectivity index (χ4n) is 1.59. The second-order valence-electron chi connectivity index (χ2n) is 5.22. The SMILES string of the molecule is CC(=O)Oc1cc(C(C)(C)C)c(OC(C)=O)cc1Cl. The van der Waals surface area contributed by atoms with E-state index in [1.165, 1.54) is 19.9 Å². The normalized spacial score (nSPS) is 11.1. The van der Waals surface area contributed by atoms with Gasteiger partial charge < -0.3 is 9.47 Å². The second kappa shape index (κ2) is 5.61. The zero-order valence-electron chi connectivity index (χ0n) is 11.7. The summed E-state index contributed by atoms with van der Waals surface area (Å²) in [5, 5.41) is 0.222. The molecule has 0 aliphatic carbocycles. The molecule has 0 spiro atoms. The number of carbonyl (C=O) groups is 2. The lowest BCUT2D eigenvalue weighted by atomic mass is 9.86. The van der Waals surface area contributed by atoms with Crippen LogP contribution < -0.4 is 9.47 Å². The van der Waals surface area contributed by atoms with Gasteiger partial charge in [0, 0.05) is 25.5 Å². The highest BCUT2D eigenvalue weighted by Gasteiger charge is 2.23. The van der Waals surface area contributed by atoms with Crippen molar-refractivity contribution in [2.75, 3.05) is 0 Å². The van der Waals surface area contributed by atoms with Crippen LogP contribution in [-0.2, 0) is 15.0 Å². The second-order valence-corrected chi connectivity index (χ2v) is 5.62. The van der Waals surface area contributed by atoms with Crippen LogP contribution in [0.4, 0.5) is 0 Å². The number of carbonyl (C=O) groups excluding carboxylic acids is 2. The van der Waals surface area contributed by atoms with Crippen LogP contribution in [0.2, 0.25) is 5.02 Å². The summed E-state index contributed by atoms with van der Waals surface area (Å²) in [7, 11) is 0. The summed E-state index contributed by atoms with van der Waals surface area (Å²) in [6, 6.07) is 3.11. The molecule has 0 atom stereocenters. The van der Waals surface area contributed by atoms with Crippen LogP contribution in [0.3, 0.4) is 0 Å². The minimum atomic E-state index is -0.456. The predicted octanol–water partition coefficient (Wildman–Crippen LogP) is 3.49. The molecule has 104 valence electrons. The first-order valence-electron chi connectivity index (χ1n) is 5.82. The number of esters is 2. The third-order valence-electron chi connectivity index (χ3n) is 2.35. The first-order chi connectivity index (χ1) is 8.61. The highest BCUT2D eigenvalue weighted by molar-refractivity contribution is 6.32. The molecule has 0 amide bonds. The number of hydrogen-bond acceptors (Lipinski definition) is 4. The lowest BCUT2D eigenvalue weighted by Gasteiger charge is -2.23. The van der Waals surface area contributed by atoms with E-state index in [-0.39, 0.29) is 16.2 Å². The Bertz CT molecular complexity index is 515. The average molecular weight is 285 g/mol. The first kappa shape index (κ1) is 15.5. The number of rotatable bonds is 2. The largest absolute Gasteiger partial charge is 0.426 e. The molecule has 0 heterocycles. The quantitative estimate of drug-likeness (QED) is 0.616. The molecule has 19 heavy (non-hydrogen) atoms. The standard InChI is InChI=1S/C14H17ClO4/c1-8(16)18-12-7-11(15)13(19-9(2)17)6-10(12)14(3,4)5/h6-7H,1-5H3. The van der Waals surface area contributed by atoms with Gasteiger partial charge in [0.1, 0.15) is 11.5 Å². The van der Waals surface area contributed by atoms with E-state index < -0.39 is 11.9 Å². The van der Waals surface area contributed by atoms with Gasteiger partial charge >= 0.3 is 11.9 Å². The van der Waals surface area contributed by atoms with Gasteiger partial charge in [-0.05, 0) is 11.5 Å². The van der Waals surface area contributed by atoms with Crippen LogP contribution >= 0.6 is 11.6 Å². The molecule has 0 saturated heterocycles. The van der Waals surface area contributed by atoms with E-state index in [1.807, 2.05) is 20.8 Å². The van der Waals surface area contributed by atoms with Gasteiger partial charge in [0.25, 0.3) is 0 Å². The molecule has 0 aromatic heterocycles. The Morgan fingerprint density at radius 3 is 1.89 bits per heavy atom. The molecule has 1 aromatic rings. The summed E-state index contributed by atoms with van der Waals surface area (Å²) >= 11 is 6.01. The van der Waals surface area contributed by atoms with Gasteiger partial charge in [0.2, 0.25) is 0 Å². The van der Waals surface area contributed by atoms with Gasteiger partial charge in [0.15, 0.2) is 0 Å². The number of benzene rings is 1. The number of hydrogen-bond donors (Lipinski definition) is 0. The van der Waals surface area contributed by atoms with Crippen molar-refractivity contribution in [2.45, 2.75) is 40.0 Å². The topological polar surface area (TPSA) is 52.6 Å². The van der Waals surface area contributed by atoms with Crippen molar-refractivity contribution in [1.29, 1.82) is 0 Å². The van der Waals surface area contributed by atoms with Crippen LogP contribution in [0.1, 0.15) is 40.2 Å². The summed E-state index contributed by atoms with van der Waals surface area (Å²) in [6.07, 6.45) is 0. The minimum Gasteiger partial charge on any atom is -0.426 e. The van der Waals surface area contributed by atoms with Crippen molar-refractivity contribution in [2.24, 2.45) is 0 Å². The Morgan fingerprint density at radius 2 is 1.47 bits per heavy atom. The number of halogens is 1. The lowest BCUT2D eigenvalue weighted by molar-refractivity contribution is -0.133. The summed E-state index contributed by atoms with van der Waals surface area (Å²) in [6.45, 7) is 8.50. The van der Waals surface area contributed by atoms with Gasteiger partial charge in [0.05, 0.1) is 5.02 Å². The van der Waals surface area contributed by atoms with Crippen LogP contribution in [0.25, 0.3) is 0 Å². The average Bonchev–Trinajstić information content (AvgIpc) is 2.18. The van der Waals surface area contributed by atoms with Gasteiger partial charge in [-0.3, -0.25) is 9.59 Å². The minimum absolute atomic E-state index is 0.222. The zero-order valence-corrected chi connectivity index (χ0v) is 12.4. The van der Waals surface area contributed by atoms with Crippen molar-refractivity contribution in [3.8, 4) is 11.5 Å². The van der Waals surface area contributed by atoms with E-state index >= 15 is 0 Å². The van der Waals surface area contributed by atoms with Crippen molar-refractivity contribution >= 4 is 23.5 Å². The van der Waals surface area contributed by atoms with Crippen LogP contribution in [-0.4, -0.2) is 11.9 Å². The Kier molecular flexibility index (Phi) is 4.58. The third kappa shape index (κ3) is 4.24. The Balaban J connectivity index is 3.36. The van der Waals surface area contributed by atoms with Crippen molar-refractivity contribution in [3.63, 3.8) is 0 Å². The molecule has 0 bridgehead atoms. The van der Waals surface area contributed by atoms with E-state index in [0.717, 1.165) is 5.56 Å². The van der Waals surface area contributed by atoms with Gasteiger partial charge in [-0.15, -0.1) is 0 Å². The van der Waals surface area contributed by atoms with Crippen molar-refractivity contribution in [3.05, 3.63) is 22.7 Å². The maximum absolute atomic E-state index is 11.1. The lowest BCUT2D eigenvalue weighted by Crippen LogP contribution is -2.16. The fourth-order valence-corrected chi connectivity index (χ4v) is 1.79. The van der Waals surface area contributed by atoms with E-state index in [4.69, 9.17) is 21.1 Å². The first-order valence-corrected chi connectivity index (χ1v) is 6.20. The highest BCUT2D eigenvalue weighted by atomic mass is 35.5. The van der Waals surface area contributed by atoms with E-state index in [9.17, 15) is 9.59 Å². The van der Waals surface area contributed by atoms with Crippen LogP contribution in [0, 0.1) is 0 Å². The molecule has 5 heteroatoms. The monoisotopic (exact) mass is 284 g/mol. The van der Waals surface area contributed by atoms with Gasteiger partial charge in [-0.25, -0.2) is 0 Å². The van der Waals surface area contributed by atoms with Crippen molar-refractivity contribution < 1.29 is 19.1 Å². The smallest absolute Gasteiger partial charge is 0.308 e. The van der Waals surface area contributed by atoms with E-state index in [0.29, 0.717) is 5.75 Å². The van der Waals surface area contributed by atoms with Gasteiger partial charge in [-0.1, -0.05) is 32.4 Å². The zero-order chi connectivity index (χ0) is 14.8. The van der Waals surface area contributed by atoms with Crippen LogP contribution in [0.5, 0.6) is 11.5 Å². The molecule has 0 radical (unpaired) electrons. The Morgan fingerprint density at radius 1 is 1.00 bits per heavy atom. The molecule has 0 aliphatic rings. The molecule has 4 nitrogen and oxygen atoms in total. The van der Waals surface area contributed by atoms with E-state index in [2.05, 4.69) is 0 Å². The Labute approximate surface area is 117 Å². The molecule has 1 aromatic carbocycles. The maximum Gasteiger partial charge on any atom is 0.308 e. The summed E-state index contributed by atoms with van der Waals surface area (Å²) in [5.74, 6) is -0.250. The van der Waals surface area contributed by atoms with Crippen molar-refractivity contribution in [1.82, 2.24) is 0 Å². The van der Waals surface area contributed by atoms with E-state index in [1.54, 1.807) is 6.07 Å². The van der Waals surface area contributed by atoms with Gasteiger partial charge in [-0.2, -0.15) is 0 Å².